The maximum Gasteiger partial charge on any atom is 0.417 e. The molecule has 0 radical (unpaired) electrons. The molecule has 0 saturated heterocycles. The summed E-state index contributed by atoms with van der Waals surface area (Å²) in [4.78, 5) is 0. The third kappa shape index (κ3) is 4.57. The van der Waals surface area contributed by atoms with E-state index in [-0.39, 0.29) is 17.9 Å². The van der Waals surface area contributed by atoms with E-state index in [4.69, 9.17) is 14.6 Å². The predicted octanol–water partition coefficient (Wildman–Crippen LogP) is 4.99. The van der Waals surface area contributed by atoms with Crippen LogP contribution in [0.5, 0.6) is 11.5 Å². The number of alkyl halides is 3. The Bertz CT molecular complexity index is 661. The Morgan fingerprint density at radius 3 is 2.12 bits per heavy atom. The highest BCUT2D eigenvalue weighted by Gasteiger charge is 2.39. The van der Waals surface area contributed by atoms with Crippen LogP contribution in [0.2, 0.25) is 0 Å². The van der Waals surface area contributed by atoms with Crippen molar-refractivity contribution in [2.45, 2.75) is 38.3 Å². The van der Waals surface area contributed by atoms with E-state index in [1.165, 1.54) is 26.4 Å². The summed E-state index contributed by atoms with van der Waals surface area (Å²) < 4.78 is 50.5. The molecule has 138 valence electrons. The lowest BCUT2D eigenvalue weighted by molar-refractivity contribution is -0.0687. The van der Waals surface area contributed by atoms with Crippen molar-refractivity contribution in [3.05, 3.63) is 35.4 Å². The van der Waals surface area contributed by atoms with E-state index in [0.29, 0.717) is 23.3 Å². The molecule has 3 nitrogen and oxygen atoms in total. The normalized spacial score (nSPS) is 15.3. The summed E-state index contributed by atoms with van der Waals surface area (Å²) in [5.41, 5.74) is 0.539. The third-order valence-electron chi connectivity index (χ3n) is 4.21. The van der Waals surface area contributed by atoms with Crippen LogP contribution < -0.4 is 9.47 Å². The second-order valence-corrected chi connectivity index (χ2v) is 5.89. The number of halogens is 3. The summed E-state index contributed by atoms with van der Waals surface area (Å²) in [6.45, 7) is 0.174. The molecule has 0 atom stereocenters. The largest absolute Gasteiger partial charge is 0.493 e. The molecule has 0 saturated carbocycles. The fourth-order valence-corrected chi connectivity index (χ4v) is 2.92. The van der Waals surface area contributed by atoms with Crippen LogP contribution in [0.1, 0.15) is 43.2 Å². The molecule has 0 fully saturated rings. The molecular formula is C19H23F3O3. The topological polar surface area (TPSA) is 38.7 Å². The second-order valence-electron chi connectivity index (χ2n) is 5.89. The van der Waals surface area contributed by atoms with Crippen LogP contribution in [0.3, 0.4) is 0 Å². The highest BCUT2D eigenvalue weighted by Crippen LogP contribution is 2.47. The number of aliphatic hydroxyl groups excluding tert-OH is 1. The average Bonchev–Trinajstić information content (AvgIpc) is 2.94. The second kappa shape index (κ2) is 8.43. The maximum atomic E-state index is 13.4. The number of hydrogen-bond acceptors (Lipinski definition) is 3. The van der Waals surface area contributed by atoms with E-state index in [1.54, 1.807) is 6.07 Å². The van der Waals surface area contributed by atoms with Gasteiger partial charge in [0.15, 0.2) is 11.5 Å². The molecule has 25 heavy (non-hydrogen) atoms. The summed E-state index contributed by atoms with van der Waals surface area (Å²) >= 11 is 0. The zero-order chi connectivity index (χ0) is 18.4. The fraction of sp³-hybridized carbons (Fsp3) is 0.474. The molecule has 0 amide bonds. The summed E-state index contributed by atoms with van der Waals surface area (Å²) in [5, 5.41) is 8.75. The summed E-state index contributed by atoms with van der Waals surface area (Å²) in [6.07, 6.45) is 2.79. The molecule has 0 aromatic heterocycles. The maximum absolute atomic E-state index is 13.4. The van der Waals surface area contributed by atoms with E-state index in [0.717, 1.165) is 25.7 Å². The monoisotopic (exact) mass is 356 g/mol. The van der Waals surface area contributed by atoms with Crippen LogP contribution in [0.15, 0.2) is 24.3 Å². The van der Waals surface area contributed by atoms with Crippen molar-refractivity contribution in [2.75, 3.05) is 20.8 Å². The molecule has 2 rings (SSSR count). The Hall–Kier alpha value is -1.95. The third-order valence-corrected chi connectivity index (χ3v) is 4.21. The van der Waals surface area contributed by atoms with Gasteiger partial charge in [-0.15, -0.1) is 0 Å². The Morgan fingerprint density at radius 1 is 0.960 bits per heavy atom. The molecule has 1 aromatic carbocycles. The fourth-order valence-electron chi connectivity index (χ4n) is 2.92. The first-order valence-corrected chi connectivity index (χ1v) is 8.29. The lowest BCUT2D eigenvalue weighted by atomic mass is 10.0. The van der Waals surface area contributed by atoms with Gasteiger partial charge in [0.25, 0.3) is 0 Å². The highest BCUT2D eigenvalue weighted by atomic mass is 19.4. The van der Waals surface area contributed by atoms with Crippen molar-refractivity contribution in [3.63, 3.8) is 0 Å². The first-order chi connectivity index (χ1) is 11.9. The average molecular weight is 356 g/mol. The Balaban J connectivity index is 2.29. The molecule has 6 heteroatoms. The number of methoxy groups -OCH3 is 2. The van der Waals surface area contributed by atoms with Gasteiger partial charge >= 0.3 is 6.18 Å². The van der Waals surface area contributed by atoms with Crippen molar-refractivity contribution in [1.82, 2.24) is 0 Å². The Kier molecular flexibility index (Phi) is 6.53. The molecule has 0 spiro atoms. The van der Waals surface area contributed by atoms with E-state index in [1.807, 2.05) is 6.08 Å². The van der Waals surface area contributed by atoms with Crippen molar-refractivity contribution in [1.29, 1.82) is 0 Å². The molecule has 1 aromatic rings. The highest BCUT2D eigenvalue weighted by molar-refractivity contribution is 5.98. The zero-order valence-corrected chi connectivity index (χ0v) is 14.4. The van der Waals surface area contributed by atoms with Gasteiger partial charge in [-0.3, -0.25) is 0 Å². The molecule has 1 N–H and O–H groups in total. The van der Waals surface area contributed by atoms with Gasteiger partial charge in [-0.2, -0.15) is 13.2 Å². The van der Waals surface area contributed by atoms with E-state index < -0.39 is 11.7 Å². The van der Waals surface area contributed by atoms with Crippen LogP contribution >= 0.6 is 0 Å². The minimum Gasteiger partial charge on any atom is -0.493 e. The number of allylic oxidation sites excluding steroid dienone is 4. The minimum absolute atomic E-state index is 0.122. The van der Waals surface area contributed by atoms with Gasteiger partial charge in [-0.1, -0.05) is 18.9 Å². The lowest BCUT2D eigenvalue weighted by Gasteiger charge is -2.14. The SMILES string of the molecule is COc1cc2c(cc1OC)/C(=C\CCCCCCO)C=C2C(F)(F)F. The summed E-state index contributed by atoms with van der Waals surface area (Å²) in [5.74, 6) is 0.688. The molecular weight excluding hydrogens is 333 g/mol. The van der Waals surface area contributed by atoms with Gasteiger partial charge in [-0.25, -0.2) is 0 Å². The van der Waals surface area contributed by atoms with Crippen LogP contribution in [0.4, 0.5) is 13.2 Å². The number of ether oxygens (including phenoxy) is 2. The van der Waals surface area contributed by atoms with Crippen molar-refractivity contribution < 1.29 is 27.8 Å². The smallest absolute Gasteiger partial charge is 0.417 e. The summed E-state index contributed by atoms with van der Waals surface area (Å²) in [7, 11) is 2.86. The minimum atomic E-state index is -4.43. The first kappa shape index (κ1) is 19.4. The van der Waals surface area contributed by atoms with Crippen LogP contribution in [-0.4, -0.2) is 32.1 Å². The molecule has 0 heterocycles. The number of aliphatic hydroxyl groups is 1. The van der Waals surface area contributed by atoms with Gasteiger partial charge in [0.2, 0.25) is 0 Å². The van der Waals surface area contributed by atoms with Crippen molar-refractivity contribution in [2.24, 2.45) is 0 Å². The number of rotatable bonds is 8. The molecule has 0 unspecified atom stereocenters. The van der Waals surface area contributed by atoms with Gasteiger partial charge in [0.05, 0.1) is 19.8 Å². The van der Waals surface area contributed by atoms with Crippen molar-refractivity contribution in [3.8, 4) is 11.5 Å². The van der Waals surface area contributed by atoms with E-state index >= 15 is 0 Å². The molecule has 0 aliphatic heterocycles. The molecule has 1 aliphatic rings. The number of benzene rings is 1. The Labute approximate surface area is 145 Å². The molecule has 1 aliphatic carbocycles. The van der Waals surface area contributed by atoms with Crippen LogP contribution in [0, 0.1) is 0 Å². The van der Waals surface area contributed by atoms with E-state index in [9.17, 15) is 13.2 Å². The number of hydrogen-bond donors (Lipinski definition) is 1. The van der Waals surface area contributed by atoms with Gasteiger partial charge in [0, 0.05) is 6.61 Å². The molecule has 0 bridgehead atoms. The zero-order valence-electron chi connectivity index (χ0n) is 14.4. The number of unbranched alkanes of at least 4 members (excludes halogenated alkanes) is 4. The standard InChI is InChI=1S/C19H23F3O3/c1-24-17-11-14-13(8-6-4-3-5-7-9-23)10-16(19(20,21)22)15(14)12-18(17)25-2/h8,10-12,23H,3-7,9H2,1-2H3/b13-8-. The van der Waals surface area contributed by atoms with Gasteiger partial charge in [0.1, 0.15) is 0 Å². The first-order valence-electron chi connectivity index (χ1n) is 8.29. The Morgan fingerprint density at radius 2 is 1.56 bits per heavy atom. The lowest BCUT2D eigenvalue weighted by Crippen LogP contribution is -2.09. The predicted molar refractivity (Wildman–Crippen MR) is 91.7 cm³/mol. The van der Waals surface area contributed by atoms with Crippen LogP contribution in [0.25, 0.3) is 11.1 Å². The van der Waals surface area contributed by atoms with Crippen LogP contribution in [-0.2, 0) is 0 Å². The van der Waals surface area contributed by atoms with Gasteiger partial charge in [-0.05, 0) is 54.2 Å². The van der Waals surface area contributed by atoms with Gasteiger partial charge < -0.3 is 14.6 Å². The quantitative estimate of drug-likeness (QED) is 0.667. The summed E-state index contributed by atoms with van der Waals surface area (Å²) in [6, 6.07) is 2.98. The van der Waals surface area contributed by atoms with Crippen molar-refractivity contribution >= 4 is 11.1 Å². The van der Waals surface area contributed by atoms with E-state index in [2.05, 4.69) is 0 Å². The number of fused-ring (bicyclic) bond motifs is 1.